The highest BCUT2D eigenvalue weighted by molar-refractivity contribution is 5.77. The highest BCUT2D eigenvalue weighted by Crippen LogP contribution is 2.31. The molecular formula is C14H19NO2. The molecule has 1 fully saturated rings. The number of esters is 1. The highest BCUT2D eigenvalue weighted by Gasteiger charge is 2.31. The number of carbonyl (C=O) groups is 1. The second-order valence-electron chi connectivity index (χ2n) is 4.50. The lowest BCUT2D eigenvalue weighted by atomic mass is 10.2. The number of hydrogen-bond acceptors (Lipinski definition) is 3. The van der Waals surface area contributed by atoms with Crippen molar-refractivity contribution in [1.82, 2.24) is 0 Å². The van der Waals surface area contributed by atoms with E-state index in [1.165, 1.54) is 6.42 Å². The number of nitrogens with one attached hydrogen (secondary N) is 1. The van der Waals surface area contributed by atoms with E-state index < -0.39 is 0 Å². The molecule has 0 aromatic heterocycles. The van der Waals surface area contributed by atoms with Gasteiger partial charge in [-0.3, -0.25) is 4.79 Å². The van der Waals surface area contributed by atoms with Gasteiger partial charge in [0.25, 0.3) is 0 Å². The van der Waals surface area contributed by atoms with Crippen molar-refractivity contribution >= 4 is 11.7 Å². The summed E-state index contributed by atoms with van der Waals surface area (Å²) in [5.74, 6) is 0.700. The molecule has 1 aromatic carbocycles. The lowest BCUT2D eigenvalue weighted by Gasteiger charge is -2.08. The van der Waals surface area contributed by atoms with Crippen molar-refractivity contribution in [3.63, 3.8) is 0 Å². The van der Waals surface area contributed by atoms with Crippen LogP contribution in [0.2, 0.25) is 0 Å². The Kier molecular flexibility index (Phi) is 4.02. The molecule has 0 bridgehead atoms. The van der Waals surface area contributed by atoms with Gasteiger partial charge in [0, 0.05) is 18.3 Å². The summed E-state index contributed by atoms with van der Waals surface area (Å²) in [7, 11) is 0. The average molecular weight is 233 g/mol. The molecule has 0 amide bonds. The van der Waals surface area contributed by atoms with Crippen molar-refractivity contribution in [2.24, 2.45) is 5.92 Å². The van der Waals surface area contributed by atoms with Crippen molar-refractivity contribution in [1.29, 1.82) is 0 Å². The number of ether oxygens (including phenoxy) is 1. The first-order chi connectivity index (χ1) is 8.29. The third kappa shape index (κ3) is 3.77. The SMILES string of the molecule is CCCCNc1cccc(OC(=O)C2CC2)c1. The molecule has 1 N–H and O–H groups in total. The Morgan fingerprint density at radius 2 is 2.29 bits per heavy atom. The Hall–Kier alpha value is -1.51. The molecule has 0 saturated heterocycles. The van der Waals surface area contributed by atoms with E-state index in [-0.39, 0.29) is 11.9 Å². The number of anilines is 1. The summed E-state index contributed by atoms with van der Waals surface area (Å²) in [5.41, 5.74) is 1.01. The second kappa shape index (κ2) is 5.71. The van der Waals surface area contributed by atoms with Gasteiger partial charge in [0.05, 0.1) is 5.92 Å². The van der Waals surface area contributed by atoms with E-state index in [2.05, 4.69) is 12.2 Å². The average Bonchev–Trinajstić information content (AvgIpc) is 3.14. The Morgan fingerprint density at radius 3 is 3.00 bits per heavy atom. The molecule has 0 spiro atoms. The van der Waals surface area contributed by atoms with Crippen molar-refractivity contribution in [2.45, 2.75) is 32.6 Å². The minimum atomic E-state index is -0.0873. The van der Waals surface area contributed by atoms with Crippen LogP contribution in [0.4, 0.5) is 5.69 Å². The number of rotatable bonds is 6. The smallest absolute Gasteiger partial charge is 0.314 e. The topological polar surface area (TPSA) is 38.3 Å². The zero-order valence-corrected chi connectivity index (χ0v) is 10.2. The molecule has 0 atom stereocenters. The molecular weight excluding hydrogens is 214 g/mol. The van der Waals surface area contributed by atoms with Crippen LogP contribution >= 0.6 is 0 Å². The minimum absolute atomic E-state index is 0.0873. The molecule has 0 aliphatic heterocycles. The van der Waals surface area contributed by atoms with E-state index >= 15 is 0 Å². The molecule has 1 aliphatic carbocycles. The van der Waals surface area contributed by atoms with Crippen LogP contribution in [0, 0.1) is 5.92 Å². The van der Waals surface area contributed by atoms with Crippen molar-refractivity contribution in [3.05, 3.63) is 24.3 Å². The molecule has 3 nitrogen and oxygen atoms in total. The highest BCUT2D eigenvalue weighted by atomic mass is 16.5. The predicted molar refractivity (Wildman–Crippen MR) is 68.2 cm³/mol. The maximum Gasteiger partial charge on any atom is 0.314 e. The summed E-state index contributed by atoms with van der Waals surface area (Å²) in [6, 6.07) is 7.61. The minimum Gasteiger partial charge on any atom is -0.426 e. The molecule has 0 heterocycles. The van der Waals surface area contributed by atoms with Crippen LogP contribution in [0.1, 0.15) is 32.6 Å². The largest absolute Gasteiger partial charge is 0.426 e. The second-order valence-corrected chi connectivity index (χ2v) is 4.50. The quantitative estimate of drug-likeness (QED) is 0.466. The van der Waals surface area contributed by atoms with Crippen LogP contribution in [0.5, 0.6) is 5.75 Å². The molecule has 2 rings (SSSR count). The maximum atomic E-state index is 11.5. The van der Waals surface area contributed by atoms with Crippen LogP contribution in [-0.2, 0) is 4.79 Å². The number of benzene rings is 1. The fraction of sp³-hybridized carbons (Fsp3) is 0.500. The van der Waals surface area contributed by atoms with Gasteiger partial charge in [0.1, 0.15) is 5.75 Å². The summed E-state index contributed by atoms with van der Waals surface area (Å²) < 4.78 is 5.31. The lowest BCUT2D eigenvalue weighted by molar-refractivity contribution is -0.135. The van der Waals surface area contributed by atoms with Gasteiger partial charge in [-0.2, -0.15) is 0 Å². The third-order valence-electron chi connectivity index (χ3n) is 2.82. The van der Waals surface area contributed by atoms with Gasteiger partial charge in [-0.1, -0.05) is 19.4 Å². The number of unbranched alkanes of at least 4 members (excludes halogenated alkanes) is 1. The predicted octanol–water partition coefficient (Wildman–Crippen LogP) is 3.21. The molecule has 0 radical (unpaired) electrons. The molecule has 17 heavy (non-hydrogen) atoms. The number of hydrogen-bond donors (Lipinski definition) is 1. The Labute approximate surface area is 102 Å². The van der Waals surface area contributed by atoms with Gasteiger partial charge in [-0.05, 0) is 31.4 Å². The van der Waals surface area contributed by atoms with Gasteiger partial charge in [0.15, 0.2) is 0 Å². The Balaban J connectivity index is 1.88. The fourth-order valence-corrected chi connectivity index (χ4v) is 1.60. The molecule has 1 aliphatic rings. The molecule has 1 aromatic rings. The standard InChI is InChI=1S/C14H19NO2/c1-2-3-9-15-12-5-4-6-13(10-12)17-14(16)11-7-8-11/h4-6,10-11,15H,2-3,7-9H2,1H3. The first-order valence-electron chi connectivity index (χ1n) is 6.35. The van der Waals surface area contributed by atoms with E-state index in [1.807, 2.05) is 24.3 Å². The van der Waals surface area contributed by atoms with Crippen LogP contribution in [0.25, 0.3) is 0 Å². The Bertz CT molecular complexity index is 386. The zero-order valence-electron chi connectivity index (χ0n) is 10.2. The molecule has 92 valence electrons. The van der Waals surface area contributed by atoms with E-state index in [4.69, 9.17) is 4.74 Å². The maximum absolute atomic E-state index is 11.5. The molecule has 0 unspecified atom stereocenters. The van der Waals surface area contributed by atoms with Crippen molar-refractivity contribution < 1.29 is 9.53 Å². The van der Waals surface area contributed by atoms with Crippen LogP contribution < -0.4 is 10.1 Å². The summed E-state index contributed by atoms with van der Waals surface area (Å²) in [4.78, 5) is 11.5. The lowest BCUT2D eigenvalue weighted by Crippen LogP contribution is -2.10. The zero-order chi connectivity index (χ0) is 12.1. The molecule has 3 heteroatoms. The summed E-state index contributed by atoms with van der Waals surface area (Å²) in [6.45, 7) is 3.12. The van der Waals surface area contributed by atoms with Gasteiger partial charge in [-0.15, -0.1) is 0 Å². The first kappa shape index (κ1) is 12.0. The van der Waals surface area contributed by atoms with E-state index in [9.17, 15) is 4.79 Å². The number of carbonyl (C=O) groups excluding carboxylic acids is 1. The van der Waals surface area contributed by atoms with Crippen molar-refractivity contribution in [3.8, 4) is 5.75 Å². The van der Waals surface area contributed by atoms with E-state index in [0.29, 0.717) is 5.75 Å². The summed E-state index contributed by atoms with van der Waals surface area (Å²) in [5, 5.41) is 3.31. The summed E-state index contributed by atoms with van der Waals surface area (Å²) >= 11 is 0. The fourth-order valence-electron chi connectivity index (χ4n) is 1.60. The summed E-state index contributed by atoms with van der Waals surface area (Å²) in [6.07, 6.45) is 4.27. The Morgan fingerprint density at radius 1 is 1.47 bits per heavy atom. The van der Waals surface area contributed by atoms with E-state index in [1.54, 1.807) is 0 Å². The third-order valence-corrected chi connectivity index (χ3v) is 2.82. The van der Waals surface area contributed by atoms with Gasteiger partial charge >= 0.3 is 5.97 Å². The van der Waals surface area contributed by atoms with Crippen LogP contribution in [-0.4, -0.2) is 12.5 Å². The van der Waals surface area contributed by atoms with Crippen LogP contribution in [0.15, 0.2) is 24.3 Å². The molecule has 1 saturated carbocycles. The first-order valence-corrected chi connectivity index (χ1v) is 6.35. The van der Waals surface area contributed by atoms with Gasteiger partial charge < -0.3 is 10.1 Å². The van der Waals surface area contributed by atoms with Crippen LogP contribution in [0.3, 0.4) is 0 Å². The van der Waals surface area contributed by atoms with E-state index in [0.717, 1.165) is 31.5 Å². The normalized spacial score (nSPS) is 14.4. The van der Waals surface area contributed by atoms with Gasteiger partial charge in [0.2, 0.25) is 0 Å². The monoisotopic (exact) mass is 233 g/mol. The van der Waals surface area contributed by atoms with Gasteiger partial charge in [-0.25, -0.2) is 0 Å². The van der Waals surface area contributed by atoms with Crippen molar-refractivity contribution in [2.75, 3.05) is 11.9 Å².